The van der Waals surface area contributed by atoms with Gasteiger partial charge in [0, 0.05) is 24.4 Å². The van der Waals surface area contributed by atoms with E-state index >= 15 is 0 Å². The Morgan fingerprint density at radius 1 is 1.43 bits per heavy atom. The molecule has 1 fully saturated rings. The Kier molecular flexibility index (Phi) is 7.10. The molecule has 0 radical (unpaired) electrons. The number of ketones is 1. The summed E-state index contributed by atoms with van der Waals surface area (Å²) < 4.78 is 4.84. The average molecular weight is 417 g/mol. The summed E-state index contributed by atoms with van der Waals surface area (Å²) >= 11 is 1.22. The molecule has 2 amide bonds. The summed E-state index contributed by atoms with van der Waals surface area (Å²) in [6, 6.07) is 1.98. The first-order valence-electron chi connectivity index (χ1n) is 7.83. The second kappa shape index (κ2) is 8.95. The van der Waals surface area contributed by atoms with Crippen molar-refractivity contribution in [3.8, 4) is 0 Å². The predicted octanol–water partition coefficient (Wildman–Crippen LogP) is -3.38. The fraction of sp³-hybridized carbons (Fsp3) is 0.312. The minimum absolute atomic E-state index is 0. The van der Waals surface area contributed by atoms with Gasteiger partial charge in [-0.25, -0.2) is 4.79 Å². The number of rotatable bonds is 6. The van der Waals surface area contributed by atoms with Gasteiger partial charge in [-0.2, -0.15) is 0 Å². The van der Waals surface area contributed by atoms with E-state index in [1.54, 1.807) is 6.07 Å². The molecule has 12 heteroatoms. The zero-order valence-electron chi connectivity index (χ0n) is 16.1. The minimum atomic E-state index is -1.33. The van der Waals surface area contributed by atoms with Crippen LogP contribution in [0.2, 0.25) is 0 Å². The first-order chi connectivity index (χ1) is 12.8. The van der Waals surface area contributed by atoms with Crippen LogP contribution < -0.4 is 34.9 Å². The van der Waals surface area contributed by atoms with Crippen molar-refractivity contribution in [3.63, 3.8) is 0 Å². The zero-order chi connectivity index (χ0) is 19.7. The SMILES string of the molecule is CC(=O)OCC1=C(C(=O)O)N2C(=O)C(NC(=O)C(=O)c3ccc[nH]3)C2SC1.[H-].[Na+]. The van der Waals surface area contributed by atoms with Gasteiger partial charge in [0.05, 0.1) is 5.69 Å². The number of nitrogens with zero attached hydrogens (tertiary/aromatic N) is 1. The molecule has 2 unspecified atom stereocenters. The molecule has 0 saturated carbocycles. The maximum Gasteiger partial charge on any atom is 1.00 e. The van der Waals surface area contributed by atoms with Gasteiger partial charge in [0.1, 0.15) is 23.7 Å². The molecule has 3 heterocycles. The number of carbonyl (C=O) groups is 5. The molecule has 1 saturated heterocycles. The Hall–Kier alpha value is -2.08. The fourth-order valence-corrected chi connectivity index (χ4v) is 4.11. The van der Waals surface area contributed by atoms with Gasteiger partial charge in [-0.1, -0.05) is 0 Å². The molecular formula is C16H16N3NaO7S. The fourth-order valence-electron chi connectivity index (χ4n) is 2.78. The Morgan fingerprint density at radius 2 is 2.14 bits per heavy atom. The molecule has 2 aliphatic rings. The molecule has 0 aliphatic carbocycles. The molecule has 28 heavy (non-hydrogen) atoms. The number of hydrogen-bond donors (Lipinski definition) is 3. The Morgan fingerprint density at radius 3 is 2.71 bits per heavy atom. The topological polar surface area (TPSA) is 146 Å². The largest absolute Gasteiger partial charge is 1.00 e. The van der Waals surface area contributed by atoms with Crippen LogP contribution in [0.15, 0.2) is 29.6 Å². The number of fused-ring (bicyclic) bond motifs is 1. The van der Waals surface area contributed by atoms with Gasteiger partial charge >= 0.3 is 41.5 Å². The van der Waals surface area contributed by atoms with E-state index in [0.717, 1.165) is 4.90 Å². The minimum Gasteiger partial charge on any atom is -1.00 e. The van der Waals surface area contributed by atoms with Crippen molar-refractivity contribution in [2.45, 2.75) is 18.3 Å². The van der Waals surface area contributed by atoms with Gasteiger partial charge < -0.3 is 21.6 Å². The molecule has 3 N–H and O–H groups in total. The van der Waals surface area contributed by atoms with E-state index in [0.29, 0.717) is 5.57 Å². The van der Waals surface area contributed by atoms with Gasteiger partial charge in [0.2, 0.25) is 0 Å². The number of ether oxygens (including phenoxy) is 1. The van der Waals surface area contributed by atoms with Crippen molar-refractivity contribution in [1.82, 2.24) is 15.2 Å². The molecule has 144 valence electrons. The third-order valence-corrected chi connectivity index (χ3v) is 5.37. The summed E-state index contributed by atoms with van der Waals surface area (Å²) in [4.78, 5) is 62.7. The van der Waals surface area contributed by atoms with Crippen LogP contribution in [0.4, 0.5) is 0 Å². The van der Waals surface area contributed by atoms with Crippen molar-refractivity contribution in [2.75, 3.05) is 12.4 Å². The number of β-lactam (4-membered cyclic amide) rings is 1. The molecule has 2 atom stereocenters. The summed E-state index contributed by atoms with van der Waals surface area (Å²) in [7, 11) is 0. The van der Waals surface area contributed by atoms with E-state index in [9.17, 15) is 29.1 Å². The third-order valence-electron chi connectivity index (χ3n) is 4.03. The maximum absolute atomic E-state index is 12.4. The van der Waals surface area contributed by atoms with Gasteiger partial charge in [-0.15, -0.1) is 11.8 Å². The summed E-state index contributed by atoms with van der Waals surface area (Å²) in [6.45, 7) is 0.962. The number of aromatic amines is 1. The summed E-state index contributed by atoms with van der Waals surface area (Å²) in [5.74, 6) is -4.11. The number of esters is 1. The summed E-state index contributed by atoms with van der Waals surface area (Å²) in [5.41, 5.74) is 0.118. The molecular weight excluding hydrogens is 401 g/mol. The number of carboxylic acid groups (broad SMARTS) is 1. The van der Waals surface area contributed by atoms with Crippen molar-refractivity contribution in [1.29, 1.82) is 0 Å². The summed E-state index contributed by atoms with van der Waals surface area (Å²) in [6.07, 6.45) is 1.49. The molecule has 0 spiro atoms. The van der Waals surface area contributed by atoms with Crippen LogP contribution >= 0.6 is 11.8 Å². The number of aromatic nitrogens is 1. The van der Waals surface area contributed by atoms with Gasteiger partial charge in [0.25, 0.3) is 17.6 Å². The van der Waals surface area contributed by atoms with Crippen molar-refractivity contribution in [2.24, 2.45) is 0 Å². The van der Waals surface area contributed by atoms with Crippen LogP contribution in [-0.4, -0.2) is 68.3 Å². The number of carbonyl (C=O) groups excluding carboxylic acids is 4. The molecule has 10 nitrogen and oxygen atoms in total. The Balaban J connectivity index is 0.00000210. The van der Waals surface area contributed by atoms with Crippen molar-refractivity contribution >= 4 is 41.3 Å². The number of Topliss-reactive ketones (excluding diaryl/α,β-unsaturated/α-hetero) is 1. The maximum atomic E-state index is 12.4. The molecule has 0 bridgehead atoms. The van der Waals surface area contributed by atoms with Gasteiger partial charge in [-0.05, 0) is 12.1 Å². The van der Waals surface area contributed by atoms with Crippen LogP contribution in [0.1, 0.15) is 18.8 Å². The number of hydrogen-bond acceptors (Lipinski definition) is 7. The Labute approximate surface area is 186 Å². The van der Waals surface area contributed by atoms with Crippen LogP contribution in [0.5, 0.6) is 0 Å². The predicted molar refractivity (Wildman–Crippen MR) is 92.6 cm³/mol. The number of aliphatic carboxylic acids is 1. The van der Waals surface area contributed by atoms with Crippen LogP contribution in [0, 0.1) is 0 Å². The number of amides is 2. The van der Waals surface area contributed by atoms with Gasteiger partial charge in [-0.3, -0.25) is 24.1 Å². The first kappa shape index (κ1) is 22.2. The second-order valence-electron chi connectivity index (χ2n) is 5.81. The summed E-state index contributed by atoms with van der Waals surface area (Å²) in [5, 5.41) is 11.2. The zero-order valence-corrected chi connectivity index (χ0v) is 17.9. The normalized spacial score (nSPS) is 20.5. The molecule has 1 aromatic rings. The first-order valence-corrected chi connectivity index (χ1v) is 8.88. The van der Waals surface area contributed by atoms with E-state index in [4.69, 9.17) is 4.74 Å². The quantitative estimate of drug-likeness (QED) is 0.143. The van der Waals surface area contributed by atoms with E-state index in [1.165, 1.54) is 30.9 Å². The molecule has 1 aromatic heterocycles. The molecule has 2 aliphatic heterocycles. The van der Waals surface area contributed by atoms with E-state index in [2.05, 4.69) is 10.3 Å². The number of nitrogens with one attached hydrogen (secondary N) is 2. The number of thioether (sulfide) groups is 1. The van der Waals surface area contributed by atoms with Crippen LogP contribution in [-0.2, 0) is 23.9 Å². The molecule has 3 rings (SSSR count). The van der Waals surface area contributed by atoms with E-state index < -0.39 is 41.0 Å². The second-order valence-corrected chi connectivity index (χ2v) is 6.92. The van der Waals surface area contributed by atoms with Crippen molar-refractivity contribution < 1.29 is 64.8 Å². The van der Waals surface area contributed by atoms with Gasteiger partial charge in [0.15, 0.2) is 0 Å². The smallest absolute Gasteiger partial charge is 1.00 e. The van der Waals surface area contributed by atoms with E-state index in [-0.39, 0.29) is 54.7 Å². The monoisotopic (exact) mass is 417 g/mol. The number of H-pyrrole nitrogens is 1. The van der Waals surface area contributed by atoms with Crippen LogP contribution in [0.3, 0.4) is 0 Å². The number of carboxylic acids is 1. The van der Waals surface area contributed by atoms with Crippen LogP contribution in [0.25, 0.3) is 0 Å². The molecule has 0 aromatic carbocycles. The Bertz CT molecular complexity index is 874. The third kappa shape index (κ3) is 4.17. The standard InChI is InChI=1S/C16H15N3O7S.Na.H/c1-7(20)26-5-8-6-27-15-10(14(23)19(15)11(8)16(24)25)18-13(22)12(21)9-3-2-4-17-9;;/h2-4,10,15,17H,5-6H2,1H3,(H,18,22)(H,24,25);;/q;+1;-1. The van der Waals surface area contributed by atoms with E-state index in [1.807, 2.05) is 0 Å². The van der Waals surface area contributed by atoms with Crippen molar-refractivity contribution in [3.05, 3.63) is 35.3 Å². The average Bonchev–Trinajstić information content (AvgIpc) is 3.16.